The second kappa shape index (κ2) is 9.74. The highest BCUT2D eigenvalue weighted by molar-refractivity contribution is 7.30. The Kier molecular flexibility index (Phi) is 6.42. The van der Waals surface area contributed by atoms with Crippen molar-refractivity contribution in [3.8, 4) is 16.5 Å². The molecule has 2 aromatic heterocycles. The van der Waals surface area contributed by atoms with E-state index in [2.05, 4.69) is 113 Å². The Morgan fingerprint density at radius 1 is 0.854 bits per heavy atom. The lowest BCUT2D eigenvalue weighted by Gasteiger charge is -2.29. The van der Waals surface area contributed by atoms with Crippen molar-refractivity contribution in [1.82, 2.24) is 0 Å². The van der Waals surface area contributed by atoms with Gasteiger partial charge in [-0.25, -0.2) is 10.1 Å². The zero-order valence-corrected chi connectivity index (χ0v) is 26.1. The monoisotopic (exact) mass is 569 g/mol. The molecule has 3 aromatic carbocycles. The molecule has 0 amide bonds. The summed E-state index contributed by atoms with van der Waals surface area (Å²) in [7, 11) is 0. The van der Waals surface area contributed by atoms with Crippen LogP contribution in [0.3, 0.4) is 0 Å². The van der Waals surface area contributed by atoms with Crippen molar-refractivity contribution in [3.63, 3.8) is 0 Å². The van der Waals surface area contributed by atoms with E-state index in [1.807, 2.05) is 17.4 Å². The van der Waals surface area contributed by atoms with Gasteiger partial charge in [0, 0.05) is 36.9 Å². The van der Waals surface area contributed by atoms with Gasteiger partial charge in [-0.2, -0.15) is 0 Å². The summed E-state index contributed by atoms with van der Waals surface area (Å²) in [6, 6.07) is 22.4. The first-order chi connectivity index (χ1) is 19.5. The Morgan fingerprint density at radius 2 is 1.51 bits per heavy atom. The molecular formula is C36H31N3S2. The molecule has 202 valence electrons. The molecule has 0 spiro atoms. The quantitative estimate of drug-likeness (QED) is 0.159. The molecule has 6 rings (SSSR count). The van der Waals surface area contributed by atoms with Crippen molar-refractivity contribution in [3.05, 3.63) is 116 Å². The van der Waals surface area contributed by atoms with Gasteiger partial charge in [-0.05, 0) is 128 Å². The molecule has 0 fully saturated rings. The number of fused-ring (bicyclic) bond motifs is 5. The molecule has 0 unspecified atom stereocenters. The van der Waals surface area contributed by atoms with Crippen LogP contribution >= 0.6 is 22.7 Å². The van der Waals surface area contributed by atoms with Crippen LogP contribution in [0.15, 0.2) is 60.3 Å². The number of hydrogen-bond acceptors (Lipinski definition) is 4. The van der Waals surface area contributed by atoms with Crippen LogP contribution in [0.4, 0.5) is 17.1 Å². The van der Waals surface area contributed by atoms with Gasteiger partial charge in [0.25, 0.3) is 5.70 Å². The Balaban J connectivity index is 1.52. The Labute approximate surface area is 250 Å². The van der Waals surface area contributed by atoms with Gasteiger partial charge in [-0.1, -0.05) is 26.0 Å². The maximum atomic E-state index is 9.25. The Bertz CT molecular complexity index is 1960. The van der Waals surface area contributed by atoms with Crippen molar-refractivity contribution in [2.24, 2.45) is 0 Å². The molecule has 5 aromatic rings. The second-order valence-electron chi connectivity index (χ2n) is 11.6. The van der Waals surface area contributed by atoms with E-state index in [1.165, 1.54) is 64.5 Å². The van der Waals surface area contributed by atoms with Crippen LogP contribution in [-0.4, -0.2) is 0 Å². The molecule has 5 heteroatoms. The standard InChI is InChI=1S/C36H31N3S2/c1-20-9-10-26(13-21(20)2)39(28-14-22(3)24(5)23(4)15-28)27-11-12-30-31(17-27)36(6,7)33-34(30)41-32-18-29(40-35(32)33)16-25(19-37)38-8/h9-18H,1-7H3/b25-16-. The molecule has 0 aliphatic heterocycles. The summed E-state index contributed by atoms with van der Waals surface area (Å²) in [5.74, 6) is 0. The van der Waals surface area contributed by atoms with E-state index >= 15 is 0 Å². The fraction of sp³-hybridized carbons (Fsp3) is 0.222. The van der Waals surface area contributed by atoms with E-state index in [0.29, 0.717) is 0 Å². The molecule has 0 saturated heterocycles. The lowest BCUT2D eigenvalue weighted by atomic mass is 9.82. The first-order valence-corrected chi connectivity index (χ1v) is 15.3. The summed E-state index contributed by atoms with van der Waals surface area (Å²) in [6.07, 6.45) is 1.71. The van der Waals surface area contributed by atoms with E-state index in [1.54, 1.807) is 17.4 Å². The number of nitrogens with zero attached hydrogens (tertiary/aromatic N) is 3. The average Bonchev–Trinajstić information content (AvgIpc) is 3.55. The Hall–Kier alpha value is -4.16. The van der Waals surface area contributed by atoms with Gasteiger partial charge < -0.3 is 4.90 Å². The predicted octanol–water partition coefficient (Wildman–Crippen LogP) is 11.1. The van der Waals surface area contributed by atoms with E-state index < -0.39 is 0 Å². The number of anilines is 3. The molecule has 0 radical (unpaired) electrons. The van der Waals surface area contributed by atoms with Crippen LogP contribution in [0, 0.1) is 52.5 Å². The highest BCUT2D eigenvalue weighted by Gasteiger charge is 2.40. The Morgan fingerprint density at radius 3 is 2.17 bits per heavy atom. The second-order valence-corrected chi connectivity index (χ2v) is 13.7. The first kappa shape index (κ1) is 27.0. The fourth-order valence-electron chi connectivity index (χ4n) is 5.93. The van der Waals surface area contributed by atoms with Crippen molar-refractivity contribution in [1.29, 1.82) is 5.26 Å². The van der Waals surface area contributed by atoms with Crippen LogP contribution in [0.25, 0.3) is 30.8 Å². The van der Waals surface area contributed by atoms with Gasteiger partial charge >= 0.3 is 0 Å². The molecule has 1 aliphatic rings. The third-order valence-electron chi connectivity index (χ3n) is 8.62. The summed E-state index contributed by atoms with van der Waals surface area (Å²) >= 11 is 3.50. The molecule has 0 N–H and O–H groups in total. The minimum Gasteiger partial charge on any atom is -0.310 e. The summed E-state index contributed by atoms with van der Waals surface area (Å²) in [5.41, 5.74) is 13.9. The number of nitriles is 1. The lowest BCUT2D eigenvalue weighted by molar-refractivity contribution is 0.668. The minimum atomic E-state index is -0.184. The van der Waals surface area contributed by atoms with Crippen LogP contribution in [-0.2, 0) is 5.41 Å². The van der Waals surface area contributed by atoms with Gasteiger partial charge in [-0.3, -0.25) is 0 Å². The van der Waals surface area contributed by atoms with Gasteiger partial charge in [0.15, 0.2) is 0 Å². The summed E-state index contributed by atoms with van der Waals surface area (Å²) in [4.78, 5) is 8.03. The number of hydrogen-bond donors (Lipinski definition) is 0. The molecule has 0 atom stereocenters. The normalized spacial score (nSPS) is 13.5. The zero-order valence-electron chi connectivity index (χ0n) is 24.4. The highest BCUT2D eigenvalue weighted by atomic mass is 32.1. The van der Waals surface area contributed by atoms with E-state index in [0.717, 1.165) is 16.3 Å². The SMILES string of the molecule is [C-]#[N+]/C(C#N)=C\c1cc2sc3c(c2s1)C(C)(C)c1cc(N(c2ccc(C)c(C)c2)c2cc(C)c(C)c(C)c2)ccc1-3. The molecule has 0 bridgehead atoms. The van der Waals surface area contributed by atoms with Crippen LogP contribution in [0.5, 0.6) is 0 Å². The van der Waals surface area contributed by atoms with E-state index in [4.69, 9.17) is 6.57 Å². The van der Waals surface area contributed by atoms with E-state index in [9.17, 15) is 5.26 Å². The fourth-order valence-corrected chi connectivity index (χ4v) is 8.87. The highest BCUT2D eigenvalue weighted by Crippen LogP contribution is 2.58. The van der Waals surface area contributed by atoms with Gasteiger partial charge in [0.1, 0.15) is 0 Å². The van der Waals surface area contributed by atoms with Crippen molar-refractivity contribution < 1.29 is 0 Å². The summed E-state index contributed by atoms with van der Waals surface area (Å²) < 4.78 is 2.48. The van der Waals surface area contributed by atoms with Gasteiger partial charge in [0.2, 0.25) is 0 Å². The smallest absolute Gasteiger partial charge is 0.263 e. The topological polar surface area (TPSA) is 31.4 Å². The average molecular weight is 570 g/mol. The first-order valence-electron chi connectivity index (χ1n) is 13.7. The summed E-state index contributed by atoms with van der Waals surface area (Å²) in [6.45, 7) is 22.8. The maximum Gasteiger partial charge on any atom is 0.263 e. The predicted molar refractivity (Wildman–Crippen MR) is 176 cm³/mol. The molecule has 41 heavy (non-hydrogen) atoms. The third kappa shape index (κ3) is 4.29. The van der Waals surface area contributed by atoms with Gasteiger partial charge in [0.05, 0.1) is 17.3 Å². The largest absolute Gasteiger partial charge is 0.310 e. The van der Waals surface area contributed by atoms with Crippen molar-refractivity contribution >= 4 is 55.2 Å². The van der Waals surface area contributed by atoms with Gasteiger partial charge in [-0.15, -0.1) is 22.7 Å². The number of aryl methyl sites for hydroxylation is 4. The van der Waals surface area contributed by atoms with Crippen molar-refractivity contribution in [2.45, 2.75) is 53.9 Å². The van der Waals surface area contributed by atoms with Crippen molar-refractivity contribution in [2.75, 3.05) is 4.90 Å². The molecule has 0 saturated carbocycles. The van der Waals surface area contributed by atoms with E-state index in [-0.39, 0.29) is 11.1 Å². The molecule has 1 aliphatic carbocycles. The summed E-state index contributed by atoms with van der Waals surface area (Å²) in [5, 5.41) is 9.25. The lowest BCUT2D eigenvalue weighted by Crippen LogP contribution is -2.16. The maximum absolute atomic E-state index is 9.25. The zero-order chi connectivity index (χ0) is 29.2. The number of allylic oxidation sites excluding steroid dienone is 1. The third-order valence-corrected chi connectivity index (χ3v) is 11.0. The number of rotatable bonds is 4. The molecule has 3 nitrogen and oxygen atoms in total. The van der Waals surface area contributed by atoms with Crippen LogP contribution in [0.1, 0.15) is 57.7 Å². The molecule has 2 heterocycles. The minimum absolute atomic E-state index is 0.121. The van der Waals surface area contributed by atoms with Crippen LogP contribution in [0.2, 0.25) is 0 Å². The van der Waals surface area contributed by atoms with Crippen LogP contribution < -0.4 is 4.90 Å². The number of benzene rings is 3. The number of thiophene rings is 2. The molecular weight excluding hydrogens is 539 g/mol.